The third kappa shape index (κ3) is 130. The van der Waals surface area contributed by atoms with Crippen LogP contribution in [0.3, 0.4) is 0 Å². The summed E-state index contributed by atoms with van der Waals surface area (Å²) in [6.07, 6.45) is 0. The average molecular weight is 197 g/mol. The van der Waals surface area contributed by atoms with Crippen LogP contribution in [0.1, 0.15) is 0 Å². The van der Waals surface area contributed by atoms with Gasteiger partial charge < -0.3 is 5.21 Å². The molecule has 0 heterocycles. The van der Waals surface area contributed by atoms with E-state index in [0.29, 0.717) is 0 Å². The van der Waals surface area contributed by atoms with Crippen LogP contribution in [0, 0.1) is 10.1 Å². The van der Waals surface area contributed by atoms with E-state index < -0.39 is 5.09 Å². The minimum atomic E-state index is -1.50. The van der Waals surface area contributed by atoms with Gasteiger partial charge in [-0.3, -0.25) is 0 Å². The Hall–Kier alpha value is 0.706. The van der Waals surface area contributed by atoms with E-state index in [9.17, 15) is 0 Å². The van der Waals surface area contributed by atoms with Crippen molar-refractivity contribution >= 4 is 23.1 Å². The SMILES string of the molecule is O=[N+]([O-])O.[Ag].[MgH2]. The fraction of sp³-hybridized carbons (Fsp3) is 0. The maximum absolute atomic E-state index is 8.36. The van der Waals surface area contributed by atoms with Crippen LogP contribution in [0.25, 0.3) is 0 Å². The van der Waals surface area contributed by atoms with Crippen LogP contribution in [0.2, 0.25) is 0 Å². The molecule has 0 fully saturated rings. The van der Waals surface area contributed by atoms with Crippen molar-refractivity contribution in [2.24, 2.45) is 0 Å². The summed E-state index contributed by atoms with van der Waals surface area (Å²) in [4.78, 5) is 8.36. The van der Waals surface area contributed by atoms with E-state index in [1.807, 2.05) is 0 Å². The standard InChI is InChI=1S/Ag.Mg.HNO3.2H/c;;2-1(3)4;;/h;;(H,2,3,4);;. The van der Waals surface area contributed by atoms with E-state index in [4.69, 9.17) is 15.3 Å². The molecule has 1 radical (unpaired) electrons. The molecule has 6 heteroatoms. The maximum Gasteiger partial charge on any atom is 0.316 e. The van der Waals surface area contributed by atoms with E-state index in [1.165, 1.54) is 0 Å². The molecule has 0 aromatic heterocycles. The van der Waals surface area contributed by atoms with Gasteiger partial charge >= 0.3 is 23.1 Å². The first-order valence-corrected chi connectivity index (χ1v) is 0.565. The van der Waals surface area contributed by atoms with E-state index in [2.05, 4.69) is 0 Å². The molecule has 0 aliphatic carbocycles. The van der Waals surface area contributed by atoms with Gasteiger partial charge in [0, 0.05) is 22.4 Å². The van der Waals surface area contributed by atoms with E-state index >= 15 is 0 Å². The second-order valence-corrected chi connectivity index (χ2v) is 0.238. The Morgan fingerprint density at radius 2 is 1.67 bits per heavy atom. The van der Waals surface area contributed by atoms with Crippen LogP contribution < -0.4 is 0 Å². The number of hydrogen-bond donors (Lipinski definition) is 1. The molecule has 0 unspecified atom stereocenters. The van der Waals surface area contributed by atoms with E-state index in [-0.39, 0.29) is 45.4 Å². The molecule has 0 aromatic rings. The molecule has 39 valence electrons. The van der Waals surface area contributed by atoms with Crippen molar-refractivity contribution in [1.29, 1.82) is 0 Å². The van der Waals surface area contributed by atoms with Gasteiger partial charge in [-0.25, -0.2) is 0 Å². The zero-order valence-electron chi connectivity index (χ0n) is 2.01. The Kier molecular flexibility index (Phi) is 24.4. The Morgan fingerprint density at radius 3 is 1.67 bits per heavy atom. The first kappa shape index (κ1) is 15.9. The van der Waals surface area contributed by atoms with Crippen molar-refractivity contribution in [1.82, 2.24) is 0 Å². The van der Waals surface area contributed by atoms with Crippen LogP contribution in [0.5, 0.6) is 0 Å². The van der Waals surface area contributed by atoms with Crippen molar-refractivity contribution in [2.45, 2.75) is 0 Å². The van der Waals surface area contributed by atoms with Gasteiger partial charge in [-0.05, 0) is 0 Å². The Bertz CT molecular complexity index is 33.8. The van der Waals surface area contributed by atoms with Gasteiger partial charge in [-0.2, -0.15) is 0 Å². The van der Waals surface area contributed by atoms with Gasteiger partial charge in [0.15, 0.2) is 0 Å². The first-order chi connectivity index (χ1) is 1.73. The number of hydrogen-bond acceptors (Lipinski definition) is 2. The van der Waals surface area contributed by atoms with Crippen molar-refractivity contribution < 1.29 is 32.7 Å². The summed E-state index contributed by atoms with van der Waals surface area (Å²) in [5.41, 5.74) is 0. The topological polar surface area (TPSA) is 63.4 Å². The minimum absolute atomic E-state index is 0. The van der Waals surface area contributed by atoms with Crippen LogP contribution in [0.15, 0.2) is 0 Å². The summed E-state index contributed by atoms with van der Waals surface area (Å²) in [6.45, 7) is 0. The quantitative estimate of drug-likeness (QED) is 0.299. The molecule has 0 spiro atoms. The van der Waals surface area contributed by atoms with Crippen molar-refractivity contribution in [3.05, 3.63) is 10.1 Å². The molecule has 6 heavy (non-hydrogen) atoms. The molecule has 0 atom stereocenters. The monoisotopic (exact) mass is 196 g/mol. The first-order valence-electron chi connectivity index (χ1n) is 0.565. The van der Waals surface area contributed by atoms with Gasteiger partial charge in [0.1, 0.15) is 0 Å². The number of rotatable bonds is 0. The van der Waals surface area contributed by atoms with Crippen molar-refractivity contribution in [2.75, 3.05) is 0 Å². The van der Waals surface area contributed by atoms with Crippen molar-refractivity contribution in [3.8, 4) is 0 Å². The molecule has 0 saturated heterocycles. The molecule has 0 saturated carbocycles. The van der Waals surface area contributed by atoms with Crippen LogP contribution in [-0.4, -0.2) is 33.3 Å². The summed E-state index contributed by atoms with van der Waals surface area (Å²) in [6, 6.07) is 0. The van der Waals surface area contributed by atoms with Gasteiger partial charge in [-0.15, -0.1) is 10.1 Å². The second kappa shape index (κ2) is 9.20. The molecule has 0 bridgehead atoms. The van der Waals surface area contributed by atoms with E-state index in [0.717, 1.165) is 0 Å². The molecule has 0 rings (SSSR count). The summed E-state index contributed by atoms with van der Waals surface area (Å²) in [7, 11) is 0. The van der Waals surface area contributed by atoms with E-state index in [1.54, 1.807) is 0 Å². The average Bonchev–Trinajstić information content (AvgIpc) is 0.811. The Morgan fingerprint density at radius 1 is 1.67 bits per heavy atom. The Balaban J connectivity index is -0.0000000450. The minimum Gasteiger partial charge on any atom is -0.328 e. The molecule has 0 aliphatic heterocycles. The summed E-state index contributed by atoms with van der Waals surface area (Å²) >= 11 is 0. The molecule has 0 aromatic carbocycles. The smallest absolute Gasteiger partial charge is 0.316 e. The van der Waals surface area contributed by atoms with Gasteiger partial charge in [0.05, 0.1) is 0 Å². The largest absolute Gasteiger partial charge is 0.328 e. The summed E-state index contributed by atoms with van der Waals surface area (Å²) in [5, 5.41) is 13.6. The maximum atomic E-state index is 8.36. The predicted molar refractivity (Wildman–Crippen MR) is 17.3 cm³/mol. The fourth-order valence-electron chi connectivity index (χ4n) is 0. The number of nitrogens with zero attached hydrogens (tertiary/aromatic N) is 1. The van der Waals surface area contributed by atoms with Gasteiger partial charge in [0.2, 0.25) is 0 Å². The van der Waals surface area contributed by atoms with Crippen LogP contribution in [0.4, 0.5) is 0 Å². The predicted octanol–water partition coefficient (Wildman–Crippen LogP) is -1.27. The third-order valence-electron chi connectivity index (χ3n) is 0. The molecule has 0 aliphatic rings. The molecular formula is H3AgMgNO3. The second-order valence-electron chi connectivity index (χ2n) is 0.238. The molecular weight excluding hydrogens is 194 g/mol. The third-order valence-corrected chi connectivity index (χ3v) is 0. The van der Waals surface area contributed by atoms with Gasteiger partial charge in [-0.1, -0.05) is 0 Å². The van der Waals surface area contributed by atoms with Gasteiger partial charge in [0.25, 0.3) is 5.09 Å². The van der Waals surface area contributed by atoms with Crippen LogP contribution in [-0.2, 0) is 22.4 Å². The van der Waals surface area contributed by atoms with Crippen molar-refractivity contribution in [3.63, 3.8) is 0 Å². The fourth-order valence-corrected chi connectivity index (χ4v) is 0. The summed E-state index contributed by atoms with van der Waals surface area (Å²) in [5.74, 6) is 0. The zero-order chi connectivity index (χ0) is 3.58. The summed E-state index contributed by atoms with van der Waals surface area (Å²) < 4.78 is 0. The Labute approximate surface area is 65.7 Å². The normalized spacial score (nSPS) is 4.00. The van der Waals surface area contributed by atoms with Crippen LogP contribution >= 0.6 is 0 Å². The molecule has 1 N–H and O–H groups in total. The molecule has 4 nitrogen and oxygen atoms in total. The molecule has 0 amide bonds. The zero-order valence-corrected chi connectivity index (χ0v) is 3.49.